The van der Waals surface area contributed by atoms with Crippen LogP contribution in [0.1, 0.15) is 5.56 Å². The molecule has 1 aromatic carbocycles. The number of anilines is 2. The lowest BCUT2D eigenvalue weighted by Crippen LogP contribution is -2.27. The maximum atomic E-state index is 13.4. The van der Waals surface area contributed by atoms with Crippen molar-refractivity contribution < 1.29 is 9.13 Å². The highest BCUT2D eigenvalue weighted by Crippen LogP contribution is 2.31. The quantitative estimate of drug-likeness (QED) is 0.524. The molecule has 2 N–H and O–H groups in total. The van der Waals surface area contributed by atoms with Crippen LogP contribution in [-0.4, -0.2) is 28.3 Å². The van der Waals surface area contributed by atoms with Crippen molar-refractivity contribution in [1.29, 1.82) is 0 Å². The van der Waals surface area contributed by atoms with Crippen molar-refractivity contribution in [2.24, 2.45) is 5.84 Å². The van der Waals surface area contributed by atoms with Crippen molar-refractivity contribution in [1.82, 2.24) is 15.0 Å². The molecule has 0 amide bonds. The molecule has 0 aliphatic carbocycles. The molecule has 134 valence electrons. The van der Waals surface area contributed by atoms with Gasteiger partial charge in [0.1, 0.15) is 23.7 Å². The minimum Gasteiger partial charge on any atom is -0.496 e. The Labute approximate surface area is 155 Å². The summed E-state index contributed by atoms with van der Waals surface area (Å²) in [6, 6.07) is 9.84. The summed E-state index contributed by atoms with van der Waals surface area (Å²) in [4.78, 5) is 12.8. The zero-order chi connectivity index (χ0) is 18.5. The first kappa shape index (κ1) is 18.1. The van der Waals surface area contributed by atoms with Crippen molar-refractivity contribution in [3.8, 4) is 17.0 Å². The number of methoxy groups -OCH3 is 1. The number of halogens is 1. The van der Waals surface area contributed by atoms with Crippen molar-refractivity contribution in [3.05, 3.63) is 60.3 Å². The number of pyridine rings is 1. The molecule has 0 unspecified atom stereocenters. The Morgan fingerprint density at radius 2 is 1.92 bits per heavy atom. The van der Waals surface area contributed by atoms with Crippen LogP contribution in [0, 0.1) is 5.82 Å². The van der Waals surface area contributed by atoms with E-state index in [4.69, 9.17) is 10.6 Å². The third kappa shape index (κ3) is 3.92. The number of hydrogen-bond donors (Lipinski definition) is 1. The number of nitrogens with zero attached hydrogens (tertiary/aromatic N) is 4. The second kappa shape index (κ2) is 8.11. The van der Waals surface area contributed by atoms with Crippen molar-refractivity contribution >= 4 is 23.4 Å². The molecule has 0 aliphatic heterocycles. The molecule has 2 aromatic heterocycles. The largest absolute Gasteiger partial charge is 0.496 e. The number of ether oxygens (including phenoxy) is 1. The maximum absolute atomic E-state index is 13.4. The summed E-state index contributed by atoms with van der Waals surface area (Å²) in [7, 11) is 1.48. The number of aromatic nitrogens is 3. The molecule has 0 bridgehead atoms. The van der Waals surface area contributed by atoms with Crippen LogP contribution in [0.25, 0.3) is 11.3 Å². The molecule has 26 heavy (non-hydrogen) atoms. The van der Waals surface area contributed by atoms with E-state index in [0.29, 0.717) is 28.6 Å². The van der Waals surface area contributed by atoms with Crippen molar-refractivity contribution in [2.45, 2.75) is 5.75 Å². The lowest BCUT2D eigenvalue weighted by molar-refractivity contribution is 0.413. The highest BCUT2D eigenvalue weighted by atomic mass is 32.2. The predicted molar refractivity (Wildman–Crippen MR) is 102 cm³/mol. The van der Waals surface area contributed by atoms with Crippen LogP contribution in [0.4, 0.5) is 16.0 Å². The molecule has 0 spiro atoms. The fraction of sp³-hybridized carbons (Fsp3) is 0.167. The number of nitrogens with two attached hydrogens (primary N) is 1. The van der Waals surface area contributed by atoms with Crippen LogP contribution in [-0.2, 0) is 5.75 Å². The van der Waals surface area contributed by atoms with Gasteiger partial charge in [-0.1, -0.05) is 0 Å². The molecule has 0 aliphatic rings. The minimum absolute atomic E-state index is 0.380. The number of rotatable bonds is 6. The second-order valence-electron chi connectivity index (χ2n) is 5.43. The van der Waals surface area contributed by atoms with Crippen LogP contribution < -0.4 is 15.6 Å². The van der Waals surface area contributed by atoms with Gasteiger partial charge in [-0.3, -0.25) is 0 Å². The molecule has 0 saturated carbocycles. The second-order valence-corrected chi connectivity index (χ2v) is 6.30. The van der Waals surface area contributed by atoms with E-state index in [0.717, 1.165) is 11.3 Å². The van der Waals surface area contributed by atoms with E-state index in [1.807, 2.05) is 18.4 Å². The lowest BCUT2D eigenvalue weighted by atomic mass is 10.1. The van der Waals surface area contributed by atoms with Crippen LogP contribution >= 0.6 is 11.8 Å². The topological polar surface area (TPSA) is 77.2 Å². The predicted octanol–water partition coefficient (Wildman–Crippen LogP) is 3.56. The van der Waals surface area contributed by atoms with Crippen LogP contribution in [0.2, 0.25) is 0 Å². The summed E-state index contributed by atoms with van der Waals surface area (Å²) >= 11 is 1.72. The monoisotopic (exact) mass is 371 g/mol. The molecule has 0 fully saturated rings. The normalized spacial score (nSPS) is 10.6. The molecule has 6 nitrogen and oxygen atoms in total. The first-order valence-corrected chi connectivity index (χ1v) is 9.16. The van der Waals surface area contributed by atoms with Gasteiger partial charge in [0.05, 0.1) is 12.8 Å². The third-order valence-corrected chi connectivity index (χ3v) is 4.33. The first-order chi connectivity index (χ1) is 12.6. The summed E-state index contributed by atoms with van der Waals surface area (Å²) in [6.45, 7) is 0. The van der Waals surface area contributed by atoms with Gasteiger partial charge in [0.2, 0.25) is 0 Å². The van der Waals surface area contributed by atoms with Gasteiger partial charge in [0, 0.05) is 29.6 Å². The molecular formula is C18H18FN5OS. The van der Waals surface area contributed by atoms with E-state index in [1.165, 1.54) is 30.6 Å². The first-order valence-electron chi connectivity index (χ1n) is 7.77. The number of hydrogen-bond acceptors (Lipinski definition) is 7. The maximum Gasteiger partial charge on any atom is 0.152 e. The Morgan fingerprint density at radius 3 is 2.69 bits per heavy atom. The van der Waals surface area contributed by atoms with Gasteiger partial charge in [-0.05, 0) is 36.1 Å². The van der Waals surface area contributed by atoms with Gasteiger partial charge in [-0.25, -0.2) is 30.2 Å². The van der Waals surface area contributed by atoms with E-state index in [2.05, 4.69) is 15.0 Å². The van der Waals surface area contributed by atoms with Gasteiger partial charge in [-0.15, -0.1) is 0 Å². The molecule has 2 heterocycles. The standard InChI is InChI=1S/C18H18FN5OS/c1-25-16-8-13(19)3-4-14(16)15-9-18(23-11-22-15)24(20)17-7-12(10-26-2)5-6-21-17/h3-9,11H,10,20H2,1-2H3. The van der Waals surface area contributed by atoms with E-state index < -0.39 is 0 Å². The summed E-state index contributed by atoms with van der Waals surface area (Å²) < 4.78 is 18.7. The number of benzene rings is 1. The Balaban J connectivity index is 1.96. The fourth-order valence-corrected chi connectivity index (χ4v) is 2.98. The Bertz CT molecular complexity index is 908. The molecule has 3 rings (SSSR count). The summed E-state index contributed by atoms with van der Waals surface area (Å²) in [5.74, 6) is 8.12. The van der Waals surface area contributed by atoms with E-state index in [-0.39, 0.29) is 5.82 Å². The Hall–Kier alpha value is -2.71. The highest BCUT2D eigenvalue weighted by molar-refractivity contribution is 7.97. The number of thioether (sulfide) groups is 1. The summed E-state index contributed by atoms with van der Waals surface area (Å²) in [6.07, 6.45) is 5.15. The molecule has 8 heteroatoms. The molecule has 3 aromatic rings. The summed E-state index contributed by atoms with van der Waals surface area (Å²) in [5, 5.41) is 1.39. The highest BCUT2D eigenvalue weighted by Gasteiger charge is 2.13. The molecule has 0 saturated heterocycles. The summed E-state index contributed by atoms with van der Waals surface area (Å²) in [5.41, 5.74) is 2.34. The van der Waals surface area contributed by atoms with Crippen LogP contribution in [0.15, 0.2) is 48.9 Å². The van der Waals surface area contributed by atoms with Gasteiger partial charge in [0.15, 0.2) is 5.82 Å². The SMILES string of the molecule is COc1cc(F)ccc1-c1cc(N(N)c2cc(CSC)ccn2)ncn1. The van der Waals surface area contributed by atoms with Gasteiger partial charge < -0.3 is 4.74 Å². The zero-order valence-corrected chi connectivity index (χ0v) is 15.2. The van der Waals surface area contributed by atoms with Gasteiger partial charge in [-0.2, -0.15) is 11.8 Å². The smallest absolute Gasteiger partial charge is 0.152 e. The molecule has 0 radical (unpaired) electrons. The number of hydrazine groups is 1. The average Bonchev–Trinajstić information content (AvgIpc) is 2.68. The van der Waals surface area contributed by atoms with E-state index in [9.17, 15) is 4.39 Å². The van der Waals surface area contributed by atoms with Crippen LogP contribution in [0.3, 0.4) is 0 Å². The fourth-order valence-electron chi connectivity index (χ4n) is 2.47. The van der Waals surface area contributed by atoms with E-state index >= 15 is 0 Å². The molecule has 0 atom stereocenters. The zero-order valence-electron chi connectivity index (χ0n) is 14.4. The van der Waals surface area contributed by atoms with Gasteiger partial charge in [0.25, 0.3) is 0 Å². The molecular weight excluding hydrogens is 353 g/mol. The Morgan fingerprint density at radius 1 is 1.12 bits per heavy atom. The average molecular weight is 371 g/mol. The van der Waals surface area contributed by atoms with Crippen molar-refractivity contribution in [3.63, 3.8) is 0 Å². The van der Waals surface area contributed by atoms with E-state index in [1.54, 1.807) is 30.1 Å². The van der Waals surface area contributed by atoms with Crippen LogP contribution in [0.5, 0.6) is 5.75 Å². The van der Waals surface area contributed by atoms with Crippen molar-refractivity contribution in [2.75, 3.05) is 18.4 Å². The lowest BCUT2D eigenvalue weighted by Gasteiger charge is -2.18. The minimum atomic E-state index is -0.380. The Kier molecular flexibility index (Phi) is 5.65. The third-order valence-electron chi connectivity index (χ3n) is 3.71. The van der Waals surface area contributed by atoms with Gasteiger partial charge >= 0.3 is 0 Å².